The monoisotopic (exact) mass is 529 g/mol. The van der Waals surface area contributed by atoms with E-state index < -0.39 is 62.4 Å². The number of nitrogens with zero attached hydrogens (tertiary/aromatic N) is 1. The molecule has 1 aliphatic rings. The minimum atomic E-state index is -5.94. The first-order valence-electron chi connectivity index (χ1n) is 7.96. The number of aliphatic hydroxyl groups excluding tert-OH is 1. The maximum atomic E-state index is 12.3. The van der Waals surface area contributed by atoms with Crippen molar-refractivity contribution in [3.8, 4) is 0 Å². The number of allylic oxidation sites excluding steroid dienone is 2. The zero-order valence-electron chi connectivity index (χ0n) is 17.6. The first-order valence-corrected chi connectivity index (χ1v) is 12.1. The molecule has 162 valence electrons. The van der Waals surface area contributed by atoms with Crippen LogP contribution in [0.1, 0.15) is 45.4 Å². The van der Waals surface area contributed by atoms with Crippen molar-refractivity contribution in [1.82, 2.24) is 4.31 Å². The van der Waals surface area contributed by atoms with Gasteiger partial charge < -0.3 is 18.8 Å². The first-order chi connectivity index (χ1) is 12.6. The number of hydrogen-bond donors (Lipinski definition) is 1. The molecule has 1 unspecified atom stereocenters. The molecule has 0 saturated carbocycles. The van der Waals surface area contributed by atoms with Crippen LogP contribution in [0.15, 0.2) is 21.6 Å². The van der Waals surface area contributed by atoms with Crippen LogP contribution in [0.5, 0.6) is 0 Å². The van der Waals surface area contributed by atoms with Crippen LogP contribution in [0.4, 0.5) is 0 Å². The predicted octanol–water partition coefficient (Wildman–Crippen LogP) is -9.79. The average Bonchev–Trinajstić information content (AvgIpc) is 2.50. The Kier molecular flexibility index (Phi) is 17.9. The molecule has 0 bridgehead atoms. The molecule has 0 spiro atoms. The molecule has 0 aromatic rings. The quantitative estimate of drug-likeness (QED) is 0.159. The molecule has 0 radical (unpaired) electrons. The van der Waals surface area contributed by atoms with Gasteiger partial charge in [-0.2, -0.15) is 0 Å². The van der Waals surface area contributed by atoms with Gasteiger partial charge in [0.15, 0.2) is 22.3 Å². The van der Waals surface area contributed by atoms with Gasteiger partial charge >= 0.3 is 88.7 Å². The fourth-order valence-electron chi connectivity index (χ4n) is 2.54. The molecule has 0 aliphatic carbocycles. The first kappa shape index (κ1) is 37.2. The van der Waals surface area contributed by atoms with Gasteiger partial charge in [0.1, 0.15) is 25.3 Å². The maximum Gasteiger partial charge on any atom is 1.00 e. The summed E-state index contributed by atoms with van der Waals surface area (Å²) in [5.41, 5.74) is -1.15. The fraction of sp³-hybridized carbons (Fsp3) is 0.615. The van der Waals surface area contributed by atoms with Crippen LogP contribution >= 0.6 is 0 Å². The zero-order chi connectivity index (χ0) is 21.9. The topological polar surface area (TPSA) is 212 Å². The van der Waals surface area contributed by atoms with Gasteiger partial charge in [-0.3, -0.25) is 4.79 Å². The molecule has 0 saturated heterocycles. The molecular formula is C13H18NNa3O11S3. The van der Waals surface area contributed by atoms with Crippen molar-refractivity contribution < 1.29 is 137 Å². The number of hydrogen-bond acceptors (Lipinski definition) is 11. The van der Waals surface area contributed by atoms with E-state index in [1.807, 2.05) is 6.92 Å². The summed E-state index contributed by atoms with van der Waals surface area (Å²) in [4.78, 5) is 10.6. The minimum absolute atomic E-state index is 0. The van der Waals surface area contributed by atoms with Crippen LogP contribution < -0.4 is 88.7 Å². The molecule has 0 fully saturated rings. The summed E-state index contributed by atoms with van der Waals surface area (Å²) < 4.78 is 101. The summed E-state index contributed by atoms with van der Waals surface area (Å²) in [6, 6.07) is 0. The van der Waals surface area contributed by atoms with Crippen molar-refractivity contribution in [2.24, 2.45) is 0 Å². The number of rotatable bonds is 10. The summed E-state index contributed by atoms with van der Waals surface area (Å²) in [5.74, 6) is -1.10. The fourth-order valence-corrected chi connectivity index (χ4v) is 5.17. The summed E-state index contributed by atoms with van der Waals surface area (Å²) in [5, 5.41) is 8.06. The largest absolute Gasteiger partial charge is 1.00 e. The van der Waals surface area contributed by atoms with Crippen molar-refractivity contribution in [3.63, 3.8) is 0 Å². The van der Waals surface area contributed by atoms with Crippen LogP contribution in [-0.4, -0.2) is 60.3 Å². The summed E-state index contributed by atoms with van der Waals surface area (Å²) in [7, 11) is -17.4. The Morgan fingerprint density at radius 3 is 1.81 bits per heavy atom. The second-order valence-corrected chi connectivity index (χ2v) is 9.81. The van der Waals surface area contributed by atoms with E-state index in [0.29, 0.717) is 6.42 Å². The van der Waals surface area contributed by atoms with Crippen LogP contribution in [0.2, 0.25) is 0 Å². The molecule has 0 aromatic carbocycles. The Labute approximate surface area is 248 Å². The summed E-state index contributed by atoms with van der Waals surface area (Å²) in [6.07, 6.45) is -0.222. The minimum Gasteiger partial charge on any atom is -0.744 e. The Morgan fingerprint density at radius 2 is 1.42 bits per heavy atom. The van der Waals surface area contributed by atoms with Gasteiger partial charge in [0.05, 0.1) is 4.91 Å². The van der Waals surface area contributed by atoms with E-state index in [4.69, 9.17) is 0 Å². The maximum absolute atomic E-state index is 12.3. The molecule has 0 amide bonds. The molecule has 31 heavy (non-hydrogen) atoms. The normalized spacial score (nSPS) is 17.1. The second-order valence-electron chi connectivity index (χ2n) is 5.88. The molecular weight excluding hydrogens is 511 g/mol. The Morgan fingerprint density at radius 1 is 0.935 bits per heavy atom. The van der Waals surface area contributed by atoms with E-state index in [9.17, 15) is 48.8 Å². The van der Waals surface area contributed by atoms with Crippen LogP contribution in [-0.2, 0) is 35.3 Å². The van der Waals surface area contributed by atoms with Gasteiger partial charge in [-0.05, 0) is 12.5 Å². The molecule has 1 heterocycles. The number of Topliss-reactive ketones (excluding diaryl/α,β-unsaturated/α-hetero) is 1. The van der Waals surface area contributed by atoms with Crippen molar-refractivity contribution in [2.75, 3.05) is 0 Å². The van der Waals surface area contributed by atoms with Crippen molar-refractivity contribution >= 4 is 36.3 Å². The van der Waals surface area contributed by atoms with E-state index in [0.717, 1.165) is 19.3 Å². The van der Waals surface area contributed by atoms with E-state index in [1.54, 1.807) is 0 Å². The van der Waals surface area contributed by atoms with E-state index in [2.05, 4.69) is 0 Å². The van der Waals surface area contributed by atoms with Gasteiger partial charge in [0.2, 0.25) is 0 Å². The smallest absolute Gasteiger partial charge is 0.744 e. The molecule has 0 aromatic heterocycles. The van der Waals surface area contributed by atoms with Crippen molar-refractivity contribution in [2.45, 2.75) is 51.7 Å². The number of ketones is 1. The van der Waals surface area contributed by atoms with Gasteiger partial charge in [-0.25, -0.2) is 29.6 Å². The van der Waals surface area contributed by atoms with Gasteiger partial charge in [-0.1, -0.05) is 32.6 Å². The molecule has 18 heteroatoms. The van der Waals surface area contributed by atoms with Gasteiger partial charge in [0.25, 0.3) is 0 Å². The van der Waals surface area contributed by atoms with Crippen molar-refractivity contribution in [3.05, 3.63) is 21.6 Å². The van der Waals surface area contributed by atoms with Crippen molar-refractivity contribution in [1.29, 1.82) is 0 Å². The standard InChI is InChI=1S/C13H21NO11S3.3Na/c1-2-3-4-5-6-7-10(15)9-8-11(26(17,18)19)14(28(23,24)25)13(16)12(9)27(20,21)22;;;/h8,13,16H,2-7H2,1H3,(H,17,18,19)(H,20,21,22)(H,23,24,25);;;/q;3*+1/p-3. The number of unbranched alkanes of at least 4 members (excludes halogenated alkanes) is 4. The van der Waals surface area contributed by atoms with Crippen LogP contribution in [0.25, 0.3) is 0 Å². The molecule has 1 rings (SSSR count). The zero-order valence-corrected chi connectivity index (χ0v) is 26.0. The van der Waals surface area contributed by atoms with Crippen LogP contribution in [0.3, 0.4) is 0 Å². The number of carbonyl (C=O) groups excluding carboxylic acids is 1. The van der Waals surface area contributed by atoms with Gasteiger partial charge in [-0.15, -0.1) is 0 Å². The number of carbonyl (C=O) groups is 1. The third-order valence-electron chi connectivity index (χ3n) is 3.78. The van der Waals surface area contributed by atoms with Crippen LogP contribution in [0, 0.1) is 0 Å². The molecule has 1 atom stereocenters. The predicted molar refractivity (Wildman–Crippen MR) is 90.4 cm³/mol. The van der Waals surface area contributed by atoms with E-state index >= 15 is 0 Å². The summed E-state index contributed by atoms with van der Waals surface area (Å²) in [6.45, 7) is 1.94. The second kappa shape index (κ2) is 14.9. The molecule has 1 aliphatic heterocycles. The average molecular weight is 529 g/mol. The molecule has 12 nitrogen and oxygen atoms in total. The Bertz CT molecular complexity index is 1000. The van der Waals surface area contributed by atoms with E-state index in [-0.39, 0.29) is 108 Å². The number of aliphatic hydroxyl groups is 1. The molecule has 1 N–H and O–H groups in total. The third-order valence-corrected chi connectivity index (χ3v) is 6.57. The third kappa shape index (κ3) is 10.8. The Balaban J connectivity index is -0.00000261. The van der Waals surface area contributed by atoms with E-state index in [1.165, 1.54) is 0 Å². The SMILES string of the molecule is CCCCCCCC(=O)C1=C(S(=O)(=O)[O-])C(O)N(S(=O)(=O)[O-])C(S(=O)(=O)[O-])=C1.[Na+].[Na+].[Na+]. The Hall–Kier alpha value is 1.64. The van der Waals surface area contributed by atoms with Gasteiger partial charge in [0, 0.05) is 12.0 Å². The summed E-state index contributed by atoms with van der Waals surface area (Å²) >= 11 is 0.